The van der Waals surface area contributed by atoms with Gasteiger partial charge in [0.25, 0.3) is 0 Å². The molecule has 3 atom stereocenters. The lowest BCUT2D eigenvalue weighted by molar-refractivity contribution is -0.131. The van der Waals surface area contributed by atoms with Gasteiger partial charge in [-0.15, -0.1) is 0 Å². The summed E-state index contributed by atoms with van der Waals surface area (Å²) in [5, 5.41) is 2.90. The van der Waals surface area contributed by atoms with E-state index in [0.717, 1.165) is 44.1 Å². The Hall–Kier alpha value is -1.49. The molecule has 1 amide bonds. The van der Waals surface area contributed by atoms with Crippen molar-refractivity contribution in [2.75, 3.05) is 6.61 Å². The van der Waals surface area contributed by atoms with E-state index >= 15 is 0 Å². The lowest BCUT2D eigenvalue weighted by Crippen LogP contribution is -2.58. The number of rotatable bonds is 3. The van der Waals surface area contributed by atoms with Gasteiger partial charge >= 0.3 is 0 Å². The van der Waals surface area contributed by atoms with E-state index in [1.54, 1.807) is 0 Å². The zero-order chi connectivity index (χ0) is 14.1. The summed E-state index contributed by atoms with van der Waals surface area (Å²) >= 11 is 0. The summed E-state index contributed by atoms with van der Waals surface area (Å²) in [7, 11) is 0. The minimum Gasteiger partial charge on any atom is -0.378 e. The Morgan fingerprint density at radius 2 is 2.25 bits per heavy atom. The Bertz CT molecular complexity index is 521. The molecule has 1 aromatic rings. The van der Waals surface area contributed by atoms with E-state index in [1.165, 1.54) is 0 Å². The zero-order valence-corrected chi connectivity index (χ0v) is 11.1. The molecule has 1 heterocycles. The van der Waals surface area contributed by atoms with Gasteiger partial charge in [0, 0.05) is 24.1 Å². The van der Waals surface area contributed by atoms with E-state index in [1.807, 2.05) is 0 Å². The van der Waals surface area contributed by atoms with Crippen molar-refractivity contribution in [2.24, 2.45) is 5.92 Å². The molecular weight excluding hydrogens is 264 g/mol. The summed E-state index contributed by atoms with van der Waals surface area (Å²) in [5.41, 5.74) is 0.0956. The molecule has 1 N–H and O–H groups in total. The lowest BCUT2D eigenvalue weighted by atomic mass is 9.72. The smallest absolute Gasteiger partial charge is 0.224 e. The molecule has 20 heavy (non-hydrogen) atoms. The molecule has 0 bridgehead atoms. The van der Waals surface area contributed by atoms with Crippen LogP contribution in [-0.4, -0.2) is 24.7 Å². The first kappa shape index (κ1) is 13.5. The summed E-state index contributed by atoms with van der Waals surface area (Å²) in [6.45, 7) is 0.802. The van der Waals surface area contributed by atoms with Crippen molar-refractivity contribution >= 4 is 5.91 Å². The van der Waals surface area contributed by atoms with Gasteiger partial charge < -0.3 is 10.1 Å². The Morgan fingerprint density at radius 1 is 1.40 bits per heavy atom. The third-order valence-electron chi connectivity index (χ3n) is 4.20. The van der Waals surface area contributed by atoms with Gasteiger partial charge in [0.15, 0.2) is 0 Å². The van der Waals surface area contributed by atoms with E-state index in [2.05, 4.69) is 5.32 Å². The van der Waals surface area contributed by atoms with Gasteiger partial charge in [0.05, 0.1) is 12.5 Å². The molecule has 1 aliphatic heterocycles. The first-order valence-electron chi connectivity index (χ1n) is 6.98. The molecule has 1 saturated carbocycles. The maximum atomic E-state index is 13.5. The maximum Gasteiger partial charge on any atom is 0.224 e. The number of benzene rings is 1. The van der Waals surface area contributed by atoms with Crippen LogP contribution in [0.5, 0.6) is 0 Å². The molecule has 1 saturated heterocycles. The normalized spacial score (nSPS) is 28.4. The fourth-order valence-electron chi connectivity index (χ4n) is 3.07. The Kier molecular flexibility index (Phi) is 3.70. The summed E-state index contributed by atoms with van der Waals surface area (Å²) < 4.78 is 32.1. The fraction of sp³-hybridized carbons (Fsp3) is 0.533. The molecule has 3 unspecified atom stereocenters. The first-order chi connectivity index (χ1) is 9.63. The van der Waals surface area contributed by atoms with Crippen molar-refractivity contribution in [1.82, 2.24) is 5.32 Å². The van der Waals surface area contributed by atoms with E-state index in [9.17, 15) is 13.6 Å². The van der Waals surface area contributed by atoms with E-state index in [4.69, 9.17) is 4.74 Å². The first-order valence-corrected chi connectivity index (χ1v) is 6.98. The van der Waals surface area contributed by atoms with Crippen LogP contribution in [0, 0.1) is 17.6 Å². The predicted molar refractivity (Wildman–Crippen MR) is 69.1 cm³/mol. The van der Waals surface area contributed by atoms with Crippen LogP contribution in [0.3, 0.4) is 0 Å². The van der Waals surface area contributed by atoms with E-state index in [0.29, 0.717) is 5.92 Å². The summed E-state index contributed by atoms with van der Waals surface area (Å²) in [4.78, 5) is 11.9. The van der Waals surface area contributed by atoms with Crippen LogP contribution >= 0.6 is 0 Å². The van der Waals surface area contributed by atoms with Crippen LogP contribution < -0.4 is 5.32 Å². The number of ether oxygens (including phenoxy) is 1. The van der Waals surface area contributed by atoms with Crippen LogP contribution in [0.1, 0.15) is 24.8 Å². The second-order valence-corrected chi connectivity index (χ2v) is 5.54. The van der Waals surface area contributed by atoms with Crippen molar-refractivity contribution in [3.05, 3.63) is 35.4 Å². The minimum atomic E-state index is -0.547. The van der Waals surface area contributed by atoms with Gasteiger partial charge in [-0.2, -0.15) is 0 Å². The number of hydrogen-bond donors (Lipinski definition) is 1. The second-order valence-electron chi connectivity index (χ2n) is 5.54. The highest BCUT2D eigenvalue weighted by molar-refractivity contribution is 5.79. The number of carbonyl (C=O) groups excluding carboxylic acids is 1. The number of halogens is 2. The SMILES string of the molecule is O=C(Cc1cc(F)ccc1F)NC1CC2OCCCC12. The average Bonchev–Trinajstić information content (AvgIpc) is 2.40. The highest BCUT2D eigenvalue weighted by Crippen LogP contribution is 2.37. The van der Waals surface area contributed by atoms with Gasteiger partial charge in [-0.25, -0.2) is 8.78 Å². The highest BCUT2D eigenvalue weighted by Gasteiger charge is 2.43. The molecule has 3 nitrogen and oxygen atoms in total. The van der Waals surface area contributed by atoms with Crippen LogP contribution in [0.2, 0.25) is 0 Å². The minimum absolute atomic E-state index is 0.0956. The largest absolute Gasteiger partial charge is 0.378 e. The van der Waals surface area contributed by atoms with Crippen LogP contribution in [0.25, 0.3) is 0 Å². The van der Waals surface area contributed by atoms with Gasteiger partial charge in [0.2, 0.25) is 5.91 Å². The van der Waals surface area contributed by atoms with Gasteiger partial charge in [-0.1, -0.05) is 0 Å². The average molecular weight is 281 g/mol. The van der Waals surface area contributed by atoms with Crippen LogP contribution in [0.15, 0.2) is 18.2 Å². The van der Waals surface area contributed by atoms with Crippen molar-refractivity contribution in [3.8, 4) is 0 Å². The second kappa shape index (κ2) is 5.48. The maximum absolute atomic E-state index is 13.5. The Morgan fingerprint density at radius 3 is 3.05 bits per heavy atom. The van der Waals surface area contributed by atoms with Gasteiger partial charge in [0.1, 0.15) is 11.6 Å². The molecular formula is C15H17F2NO2. The standard InChI is InChI=1S/C15H17F2NO2/c16-10-3-4-12(17)9(6-10)7-15(19)18-13-8-14-11(13)2-1-5-20-14/h3-4,6,11,13-14H,1-2,5,7-8H2,(H,18,19). The summed E-state index contributed by atoms with van der Waals surface area (Å²) in [6.07, 6.45) is 3.04. The van der Waals surface area contributed by atoms with Crippen molar-refractivity contribution in [3.63, 3.8) is 0 Å². The number of nitrogens with one attached hydrogen (secondary N) is 1. The van der Waals surface area contributed by atoms with Gasteiger partial charge in [-0.05, 0) is 37.5 Å². The van der Waals surface area contributed by atoms with Crippen molar-refractivity contribution < 1.29 is 18.3 Å². The quantitative estimate of drug-likeness (QED) is 0.922. The summed E-state index contributed by atoms with van der Waals surface area (Å²) in [6, 6.07) is 3.28. The van der Waals surface area contributed by atoms with Crippen molar-refractivity contribution in [2.45, 2.75) is 37.8 Å². The van der Waals surface area contributed by atoms with Crippen LogP contribution in [-0.2, 0) is 16.0 Å². The monoisotopic (exact) mass is 281 g/mol. The molecule has 2 aliphatic rings. The molecule has 2 fully saturated rings. The van der Waals surface area contributed by atoms with E-state index in [-0.39, 0.29) is 30.0 Å². The van der Waals surface area contributed by atoms with E-state index < -0.39 is 11.6 Å². The van der Waals surface area contributed by atoms with Crippen LogP contribution in [0.4, 0.5) is 8.78 Å². The number of carbonyl (C=O) groups is 1. The van der Waals surface area contributed by atoms with Crippen molar-refractivity contribution in [1.29, 1.82) is 0 Å². The number of amides is 1. The molecule has 0 radical (unpaired) electrons. The molecule has 0 spiro atoms. The van der Waals surface area contributed by atoms with Gasteiger partial charge in [-0.3, -0.25) is 4.79 Å². The highest BCUT2D eigenvalue weighted by atomic mass is 19.1. The molecule has 0 aromatic heterocycles. The third kappa shape index (κ3) is 2.68. The molecule has 5 heteroatoms. The fourth-order valence-corrected chi connectivity index (χ4v) is 3.07. The molecule has 1 aliphatic carbocycles. The zero-order valence-electron chi connectivity index (χ0n) is 11.1. The summed E-state index contributed by atoms with van der Waals surface area (Å²) in [5.74, 6) is -0.957. The topological polar surface area (TPSA) is 38.3 Å². The molecule has 108 valence electrons. The lowest BCUT2D eigenvalue weighted by Gasteiger charge is -2.47. The predicted octanol–water partition coefficient (Wildman–Crippen LogP) is 2.19. The molecule has 1 aromatic carbocycles. The Labute approximate surface area is 116 Å². The Balaban J connectivity index is 1.56. The number of fused-ring (bicyclic) bond motifs is 1. The third-order valence-corrected chi connectivity index (χ3v) is 4.20. The molecule has 3 rings (SSSR count). The number of hydrogen-bond acceptors (Lipinski definition) is 2.